The molecule has 26 heavy (non-hydrogen) atoms. The van der Waals surface area contributed by atoms with Crippen LogP contribution >= 0.6 is 0 Å². The Hall–Kier alpha value is -2.70. The largest absolute Gasteiger partial charge is 0.481 e. The van der Waals surface area contributed by atoms with Crippen LogP contribution in [0.25, 0.3) is 5.69 Å². The summed E-state index contributed by atoms with van der Waals surface area (Å²) < 4.78 is 15.3. The molecule has 2 aromatic rings. The predicted octanol–water partition coefficient (Wildman–Crippen LogP) is 2.44. The fourth-order valence-electron chi connectivity index (χ4n) is 3.94. The van der Waals surface area contributed by atoms with E-state index in [1.807, 2.05) is 0 Å². The van der Waals surface area contributed by atoms with Gasteiger partial charge in [0.05, 0.1) is 11.6 Å². The van der Waals surface area contributed by atoms with Crippen molar-refractivity contribution in [3.05, 3.63) is 47.0 Å². The number of hydrogen-bond acceptors (Lipinski definition) is 3. The SMILES string of the molecule is O=C(O)C1CCCN(C(=O)c2nn(-c3cccc(F)c3)c3c2CCC3)C1. The normalized spacial score (nSPS) is 19.4. The monoisotopic (exact) mass is 357 g/mol. The molecule has 0 radical (unpaired) electrons. The highest BCUT2D eigenvalue weighted by molar-refractivity contribution is 5.94. The molecular formula is C19H20FN3O3. The Morgan fingerprint density at radius 1 is 1.23 bits per heavy atom. The number of aliphatic carboxylic acids is 1. The number of rotatable bonds is 3. The van der Waals surface area contributed by atoms with Crippen LogP contribution in [-0.4, -0.2) is 44.8 Å². The molecule has 1 amide bonds. The molecule has 4 rings (SSSR count). The molecule has 2 heterocycles. The van der Waals surface area contributed by atoms with Crippen LogP contribution < -0.4 is 0 Å². The molecule has 1 aliphatic heterocycles. The first-order valence-corrected chi connectivity index (χ1v) is 8.93. The number of benzene rings is 1. The van der Waals surface area contributed by atoms with E-state index >= 15 is 0 Å². The highest BCUT2D eigenvalue weighted by atomic mass is 19.1. The van der Waals surface area contributed by atoms with Crippen LogP contribution in [0.1, 0.15) is 41.0 Å². The third-order valence-electron chi connectivity index (χ3n) is 5.24. The Morgan fingerprint density at radius 3 is 2.85 bits per heavy atom. The van der Waals surface area contributed by atoms with Crippen LogP contribution in [0.5, 0.6) is 0 Å². The molecule has 0 bridgehead atoms. The highest BCUT2D eigenvalue weighted by Gasteiger charge is 2.33. The second kappa shape index (κ2) is 6.55. The number of carbonyl (C=O) groups is 2. The summed E-state index contributed by atoms with van der Waals surface area (Å²) in [6, 6.07) is 6.17. The summed E-state index contributed by atoms with van der Waals surface area (Å²) in [5.74, 6) is -1.95. The Kier molecular flexibility index (Phi) is 4.22. The molecule has 7 heteroatoms. The van der Waals surface area contributed by atoms with Gasteiger partial charge in [-0.3, -0.25) is 9.59 Å². The minimum absolute atomic E-state index is 0.218. The molecule has 2 aliphatic rings. The fourth-order valence-corrected chi connectivity index (χ4v) is 3.94. The third-order valence-corrected chi connectivity index (χ3v) is 5.24. The average molecular weight is 357 g/mol. The molecule has 1 aromatic heterocycles. The van der Waals surface area contributed by atoms with Gasteiger partial charge in [0.2, 0.25) is 0 Å². The van der Waals surface area contributed by atoms with Crippen LogP contribution in [0.15, 0.2) is 24.3 Å². The van der Waals surface area contributed by atoms with Gasteiger partial charge in [-0.2, -0.15) is 5.10 Å². The van der Waals surface area contributed by atoms with Gasteiger partial charge < -0.3 is 10.0 Å². The van der Waals surface area contributed by atoms with E-state index < -0.39 is 11.9 Å². The van der Waals surface area contributed by atoms with Crippen molar-refractivity contribution in [2.75, 3.05) is 13.1 Å². The number of hydrogen-bond donors (Lipinski definition) is 1. The lowest BCUT2D eigenvalue weighted by Gasteiger charge is -2.30. The Morgan fingerprint density at radius 2 is 2.08 bits per heavy atom. The van der Waals surface area contributed by atoms with Crippen molar-refractivity contribution in [2.24, 2.45) is 5.92 Å². The molecule has 136 valence electrons. The molecule has 1 N–H and O–H groups in total. The molecule has 1 atom stereocenters. The summed E-state index contributed by atoms with van der Waals surface area (Å²) in [6.45, 7) is 0.764. The molecular weight excluding hydrogens is 337 g/mol. The van der Waals surface area contributed by atoms with Crippen LogP contribution in [0.2, 0.25) is 0 Å². The first-order valence-electron chi connectivity index (χ1n) is 8.93. The standard InChI is InChI=1S/C19H20FN3O3/c20-13-5-1-6-14(10-13)23-16-8-2-7-15(16)17(21-23)18(24)22-9-3-4-12(11-22)19(25)26/h1,5-6,10,12H,2-4,7-9,11H2,(H,25,26). The lowest BCUT2D eigenvalue weighted by molar-refractivity contribution is -0.143. The van der Waals surface area contributed by atoms with Crippen molar-refractivity contribution in [2.45, 2.75) is 32.1 Å². The van der Waals surface area contributed by atoms with E-state index in [0.717, 1.165) is 30.5 Å². The number of amides is 1. The fraction of sp³-hybridized carbons (Fsp3) is 0.421. The second-order valence-electron chi connectivity index (χ2n) is 6.95. The maximum Gasteiger partial charge on any atom is 0.308 e. The quantitative estimate of drug-likeness (QED) is 0.915. The van der Waals surface area contributed by atoms with Crippen LogP contribution in [-0.2, 0) is 17.6 Å². The zero-order valence-electron chi connectivity index (χ0n) is 14.3. The van der Waals surface area contributed by atoms with Gasteiger partial charge in [-0.1, -0.05) is 6.07 Å². The van der Waals surface area contributed by atoms with Gasteiger partial charge >= 0.3 is 5.97 Å². The van der Waals surface area contributed by atoms with E-state index in [4.69, 9.17) is 0 Å². The Labute approximate surface area is 150 Å². The van der Waals surface area contributed by atoms with Crippen molar-refractivity contribution in [1.82, 2.24) is 14.7 Å². The summed E-state index contributed by atoms with van der Waals surface area (Å²) in [7, 11) is 0. The number of likely N-dealkylation sites (tertiary alicyclic amines) is 1. The highest BCUT2D eigenvalue weighted by Crippen LogP contribution is 2.29. The van der Waals surface area contributed by atoms with E-state index in [2.05, 4.69) is 5.10 Å². The maximum absolute atomic E-state index is 13.6. The molecule has 1 aromatic carbocycles. The van der Waals surface area contributed by atoms with Gasteiger partial charge in [0.15, 0.2) is 5.69 Å². The number of carbonyl (C=O) groups excluding carboxylic acids is 1. The van der Waals surface area contributed by atoms with Gasteiger partial charge in [-0.05, 0) is 50.3 Å². The van der Waals surface area contributed by atoms with E-state index in [1.165, 1.54) is 12.1 Å². The smallest absolute Gasteiger partial charge is 0.308 e. The van der Waals surface area contributed by atoms with E-state index in [0.29, 0.717) is 30.8 Å². The van der Waals surface area contributed by atoms with Crippen LogP contribution in [0, 0.1) is 11.7 Å². The van der Waals surface area contributed by atoms with Gasteiger partial charge in [0.25, 0.3) is 5.91 Å². The van der Waals surface area contributed by atoms with Gasteiger partial charge in [0.1, 0.15) is 5.82 Å². The molecule has 1 fully saturated rings. The number of carboxylic acid groups (broad SMARTS) is 1. The minimum Gasteiger partial charge on any atom is -0.481 e. The van der Waals surface area contributed by atoms with E-state index in [1.54, 1.807) is 21.7 Å². The number of fused-ring (bicyclic) bond motifs is 1. The lowest BCUT2D eigenvalue weighted by Crippen LogP contribution is -2.42. The topological polar surface area (TPSA) is 75.4 Å². The number of piperidine rings is 1. The molecule has 1 aliphatic carbocycles. The molecule has 1 saturated heterocycles. The maximum atomic E-state index is 13.6. The number of halogens is 1. The Balaban J connectivity index is 1.68. The summed E-state index contributed by atoms with van der Waals surface area (Å²) in [6.07, 6.45) is 3.76. The summed E-state index contributed by atoms with van der Waals surface area (Å²) in [4.78, 5) is 25.9. The predicted molar refractivity (Wildman–Crippen MR) is 91.8 cm³/mol. The number of nitrogens with zero attached hydrogens (tertiary/aromatic N) is 3. The van der Waals surface area contributed by atoms with Gasteiger partial charge in [-0.25, -0.2) is 9.07 Å². The van der Waals surface area contributed by atoms with Crippen molar-refractivity contribution in [3.63, 3.8) is 0 Å². The van der Waals surface area contributed by atoms with Crippen LogP contribution in [0.3, 0.4) is 0 Å². The zero-order chi connectivity index (χ0) is 18.3. The molecule has 1 unspecified atom stereocenters. The molecule has 0 saturated carbocycles. The van der Waals surface area contributed by atoms with Crippen LogP contribution in [0.4, 0.5) is 4.39 Å². The van der Waals surface area contributed by atoms with Crippen molar-refractivity contribution >= 4 is 11.9 Å². The van der Waals surface area contributed by atoms with Crippen molar-refractivity contribution < 1.29 is 19.1 Å². The second-order valence-corrected chi connectivity index (χ2v) is 6.95. The average Bonchev–Trinajstić information content (AvgIpc) is 3.23. The molecule has 6 nitrogen and oxygen atoms in total. The first-order chi connectivity index (χ1) is 12.5. The summed E-state index contributed by atoms with van der Waals surface area (Å²) in [5, 5.41) is 13.7. The lowest BCUT2D eigenvalue weighted by atomic mass is 9.98. The number of carboxylic acids is 1. The Bertz CT molecular complexity index is 877. The summed E-state index contributed by atoms with van der Waals surface area (Å²) in [5.41, 5.74) is 2.85. The van der Waals surface area contributed by atoms with Gasteiger partial charge in [-0.15, -0.1) is 0 Å². The number of aromatic nitrogens is 2. The van der Waals surface area contributed by atoms with E-state index in [9.17, 15) is 19.1 Å². The van der Waals surface area contributed by atoms with E-state index in [-0.39, 0.29) is 18.3 Å². The summed E-state index contributed by atoms with van der Waals surface area (Å²) >= 11 is 0. The minimum atomic E-state index is -0.863. The zero-order valence-corrected chi connectivity index (χ0v) is 14.3. The third kappa shape index (κ3) is 2.87. The van der Waals surface area contributed by atoms with Crippen molar-refractivity contribution in [1.29, 1.82) is 0 Å². The van der Waals surface area contributed by atoms with Crippen molar-refractivity contribution in [3.8, 4) is 5.69 Å². The first kappa shape index (κ1) is 16.8. The molecule has 0 spiro atoms. The van der Waals surface area contributed by atoms with Gasteiger partial charge in [0, 0.05) is 24.3 Å².